The number of amides is 1. The van der Waals surface area contributed by atoms with E-state index >= 15 is 0 Å². The van der Waals surface area contributed by atoms with Crippen LogP contribution in [-0.4, -0.2) is 35.8 Å². The van der Waals surface area contributed by atoms with E-state index in [1.165, 1.54) is 0 Å². The molecule has 6 nitrogen and oxygen atoms in total. The van der Waals surface area contributed by atoms with Gasteiger partial charge in [0.15, 0.2) is 9.84 Å². The second-order valence-electron chi connectivity index (χ2n) is 6.27. The summed E-state index contributed by atoms with van der Waals surface area (Å²) in [7, 11) is -3.06. The first-order valence-electron chi connectivity index (χ1n) is 8.07. The van der Waals surface area contributed by atoms with E-state index in [-0.39, 0.29) is 17.4 Å². The Morgan fingerprint density at radius 3 is 2.56 bits per heavy atom. The molecule has 0 spiro atoms. The van der Waals surface area contributed by atoms with Crippen LogP contribution in [0.3, 0.4) is 0 Å². The number of benzene rings is 2. The van der Waals surface area contributed by atoms with Crippen LogP contribution in [-0.2, 0) is 14.6 Å². The van der Waals surface area contributed by atoms with Crippen LogP contribution in [0, 0.1) is 5.92 Å². The van der Waals surface area contributed by atoms with Gasteiger partial charge < -0.3 is 10.3 Å². The van der Waals surface area contributed by atoms with Gasteiger partial charge in [-0.25, -0.2) is 13.4 Å². The number of imidazole rings is 1. The Hall–Kier alpha value is -2.67. The number of nitrogens with one attached hydrogen (secondary N) is 2. The van der Waals surface area contributed by atoms with Crippen LogP contribution in [0.2, 0.25) is 0 Å². The van der Waals surface area contributed by atoms with Crippen molar-refractivity contribution in [2.45, 2.75) is 6.42 Å². The van der Waals surface area contributed by atoms with Crippen molar-refractivity contribution in [3.63, 3.8) is 0 Å². The van der Waals surface area contributed by atoms with Crippen molar-refractivity contribution >= 4 is 32.5 Å². The van der Waals surface area contributed by atoms with E-state index in [9.17, 15) is 13.2 Å². The molecule has 2 aromatic carbocycles. The van der Waals surface area contributed by atoms with Crippen molar-refractivity contribution in [3.8, 4) is 11.4 Å². The fourth-order valence-electron chi connectivity index (χ4n) is 3.05. The summed E-state index contributed by atoms with van der Waals surface area (Å²) in [6.45, 7) is 0. The molecule has 1 saturated heterocycles. The number of carbonyl (C=O) groups is 1. The monoisotopic (exact) mass is 355 g/mol. The number of carbonyl (C=O) groups excluding carboxylic acids is 1. The molecule has 1 fully saturated rings. The van der Waals surface area contributed by atoms with Crippen LogP contribution >= 0.6 is 0 Å². The van der Waals surface area contributed by atoms with Crippen molar-refractivity contribution in [2.24, 2.45) is 5.92 Å². The predicted molar refractivity (Wildman–Crippen MR) is 96.9 cm³/mol. The number of anilines is 1. The number of nitrogens with zero attached hydrogens (tertiary/aromatic N) is 1. The molecule has 2 heterocycles. The summed E-state index contributed by atoms with van der Waals surface area (Å²) in [6.07, 6.45) is 0.394. The van der Waals surface area contributed by atoms with Crippen LogP contribution in [0.1, 0.15) is 6.42 Å². The summed E-state index contributed by atoms with van der Waals surface area (Å²) < 4.78 is 23.0. The number of hydrogen-bond donors (Lipinski definition) is 2. The van der Waals surface area contributed by atoms with E-state index in [0.717, 1.165) is 22.4 Å². The third-order valence-corrected chi connectivity index (χ3v) is 6.19. The smallest absolute Gasteiger partial charge is 0.228 e. The summed E-state index contributed by atoms with van der Waals surface area (Å²) in [5.74, 6) is 0.102. The molecule has 2 N–H and O–H groups in total. The van der Waals surface area contributed by atoms with Crippen molar-refractivity contribution < 1.29 is 13.2 Å². The predicted octanol–water partition coefficient (Wildman–Crippen LogP) is 2.60. The van der Waals surface area contributed by atoms with Gasteiger partial charge in [0.05, 0.1) is 28.5 Å². The van der Waals surface area contributed by atoms with Crippen LogP contribution in [0.5, 0.6) is 0 Å². The zero-order valence-electron chi connectivity index (χ0n) is 13.4. The Balaban J connectivity index is 1.49. The fourth-order valence-corrected chi connectivity index (χ4v) is 4.79. The van der Waals surface area contributed by atoms with Gasteiger partial charge in [-0.15, -0.1) is 0 Å². The lowest BCUT2D eigenvalue weighted by atomic mass is 10.1. The molecule has 4 rings (SSSR count). The van der Waals surface area contributed by atoms with Crippen molar-refractivity contribution in [1.29, 1.82) is 0 Å². The summed E-state index contributed by atoms with van der Waals surface area (Å²) >= 11 is 0. The van der Waals surface area contributed by atoms with Crippen LogP contribution in [0.15, 0.2) is 48.5 Å². The quantitative estimate of drug-likeness (QED) is 0.755. The SMILES string of the molecule is O=C(Nc1ccc(-c2nc3ccccc3[nH]2)cc1)C1CCS(=O)(=O)C1. The van der Waals surface area contributed by atoms with E-state index < -0.39 is 15.8 Å². The molecule has 1 amide bonds. The highest BCUT2D eigenvalue weighted by Crippen LogP contribution is 2.24. The molecule has 1 aliphatic rings. The van der Waals surface area contributed by atoms with Gasteiger partial charge in [-0.1, -0.05) is 12.1 Å². The van der Waals surface area contributed by atoms with E-state index in [1.807, 2.05) is 36.4 Å². The lowest BCUT2D eigenvalue weighted by Gasteiger charge is -2.09. The molecular formula is C18H17N3O3S. The molecule has 0 radical (unpaired) electrons. The lowest BCUT2D eigenvalue weighted by Crippen LogP contribution is -2.23. The Morgan fingerprint density at radius 1 is 1.12 bits per heavy atom. The van der Waals surface area contributed by atoms with Crippen LogP contribution in [0.25, 0.3) is 22.4 Å². The summed E-state index contributed by atoms with van der Waals surface area (Å²) in [5, 5.41) is 2.79. The highest BCUT2D eigenvalue weighted by Gasteiger charge is 2.32. The first-order valence-corrected chi connectivity index (χ1v) is 9.89. The van der Waals surface area contributed by atoms with Crippen molar-refractivity contribution in [3.05, 3.63) is 48.5 Å². The molecule has 128 valence electrons. The summed E-state index contributed by atoms with van der Waals surface area (Å²) in [6, 6.07) is 15.1. The molecule has 25 heavy (non-hydrogen) atoms. The topological polar surface area (TPSA) is 91.9 Å². The standard InChI is InChI=1S/C18H17N3O3S/c22-18(13-9-10-25(23,24)11-13)19-14-7-5-12(6-8-14)17-20-15-3-1-2-4-16(15)21-17/h1-8,13H,9-11H2,(H,19,22)(H,20,21). The highest BCUT2D eigenvalue weighted by molar-refractivity contribution is 7.91. The zero-order valence-corrected chi connectivity index (χ0v) is 14.2. The summed E-state index contributed by atoms with van der Waals surface area (Å²) in [5.41, 5.74) is 3.43. The molecule has 1 aliphatic heterocycles. The molecule has 1 unspecified atom stereocenters. The number of sulfone groups is 1. The van der Waals surface area contributed by atoms with E-state index in [4.69, 9.17) is 0 Å². The Labute approximate surface area is 145 Å². The van der Waals surface area contributed by atoms with Gasteiger partial charge in [0.2, 0.25) is 5.91 Å². The number of para-hydroxylation sites is 2. The molecule has 7 heteroatoms. The molecule has 0 saturated carbocycles. The van der Waals surface area contributed by atoms with Gasteiger partial charge >= 0.3 is 0 Å². The summed E-state index contributed by atoms with van der Waals surface area (Å²) in [4.78, 5) is 20.0. The minimum Gasteiger partial charge on any atom is -0.338 e. The third kappa shape index (κ3) is 3.28. The second-order valence-corrected chi connectivity index (χ2v) is 8.50. The van der Waals surface area contributed by atoms with Gasteiger partial charge in [0.1, 0.15) is 5.82 Å². The number of aromatic amines is 1. The zero-order chi connectivity index (χ0) is 17.4. The van der Waals surface area contributed by atoms with Gasteiger partial charge in [-0.2, -0.15) is 0 Å². The minimum absolute atomic E-state index is 0.0596. The number of fused-ring (bicyclic) bond motifs is 1. The molecule has 1 aromatic heterocycles. The number of rotatable bonds is 3. The van der Waals surface area contributed by atoms with Gasteiger partial charge in [-0.05, 0) is 42.8 Å². The lowest BCUT2D eigenvalue weighted by molar-refractivity contribution is -0.119. The molecule has 3 aromatic rings. The van der Waals surface area contributed by atoms with Gasteiger partial charge in [-0.3, -0.25) is 4.79 Å². The Kier molecular flexibility index (Phi) is 3.80. The van der Waals surface area contributed by atoms with Crippen LogP contribution < -0.4 is 5.32 Å². The molecule has 0 aliphatic carbocycles. The maximum atomic E-state index is 12.2. The first-order chi connectivity index (χ1) is 12.0. The number of aromatic nitrogens is 2. The average Bonchev–Trinajstić information content (AvgIpc) is 3.18. The maximum absolute atomic E-state index is 12.2. The van der Waals surface area contributed by atoms with Crippen LogP contribution in [0.4, 0.5) is 5.69 Å². The molecule has 1 atom stereocenters. The highest BCUT2D eigenvalue weighted by atomic mass is 32.2. The van der Waals surface area contributed by atoms with Gasteiger partial charge in [0.25, 0.3) is 0 Å². The van der Waals surface area contributed by atoms with E-state index in [2.05, 4.69) is 15.3 Å². The molecule has 0 bridgehead atoms. The Bertz CT molecular complexity index is 1010. The minimum atomic E-state index is -3.06. The maximum Gasteiger partial charge on any atom is 0.228 e. The van der Waals surface area contributed by atoms with E-state index in [0.29, 0.717) is 12.1 Å². The second kappa shape index (κ2) is 6.00. The number of hydrogen-bond acceptors (Lipinski definition) is 4. The third-order valence-electron chi connectivity index (χ3n) is 4.42. The number of H-pyrrole nitrogens is 1. The Morgan fingerprint density at radius 2 is 1.88 bits per heavy atom. The average molecular weight is 355 g/mol. The van der Waals surface area contributed by atoms with Crippen molar-refractivity contribution in [2.75, 3.05) is 16.8 Å². The van der Waals surface area contributed by atoms with E-state index in [1.54, 1.807) is 12.1 Å². The largest absolute Gasteiger partial charge is 0.338 e. The van der Waals surface area contributed by atoms with Gasteiger partial charge in [0, 0.05) is 11.3 Å². The van der Waals surface area contributed by atoms with Crippen molar-refractivity contribution in [1.82, 2.24) is 9.97 Å². The normalized spacial score (nSPS) is 19.1. The fraction of sp³-hybridized carbons (Fsp3) is 0.222. The molecular weight excluding hydrogens is 338 g/mol. The first kappa shape index (κ1) is 15.8.